The zero-order valence-electron chi connectivity index (χ0n) is 10.3. The minimum Gasteiger partial charge on any atom is -0.335 e. The summed E-state index contributed by atoms with van der Waals surface area (Å²) in [5.41, 5.74) is 0.728. The number of nitrogens with one attached hydrogen (secondary N) is 1. The highest BCUT2D eigenvalue weighted by molar-refractivity contribution is 5.89. The van der Waals surface area contributed by atoms with Crippen molar-refractivity contribution >= 4 is 17.1 Å². The van der Waals surface area contributed by atoms with Gasteiger partial charge < -0.3 is 5.32 Å². The van der Waals surface area contributed by atoms with Crippen LogP contribution in [0.3, 0.4) is 0 Å². The molecule has 2 aromatic rings. The SMILES string of the molecule is O=C(NC1CCCCC1)n1ccc2cccnc21. The van der Waals surface area contributed by atoms with Crippen LogP contribution < -0.4 is 5.32 Å². The Kier molecular flexibility index (Phi) is 3.00. The molecule has 0 saturated heterocycles. The topological polar surface area (TPSA) is 46.9 Å². The number of amides is 1. The maximum Gasteiger partial charge on any atom is 0.327 e. The first kappa shape index (κ1) is 11.3. The van der Waals surface area contributed by atoms with Crippen LogP contribution in [0.5, 0.6) is 0 Å². The Hall–Kier alpha value is -1.84. The molecule has 2 aromatic heterocycles. The number of pyridine rings is 1. The van der Waals surface area contributed by atoms with Crippen LogP contribution in [0, 0.1) is 0 Å². The number of aromatic nitrogens is 2. The lowest BCUT2D eigenvalue weighted by atomic mass is 9.96. The second-order valence-corrected chi connectivity index (χ2v) is 4.89. The van der Waals surface area contributed by atoms with Crippen molar-refractivity contribution in [2.24, 2.45) is 0 Å². The van der Waals surface area contributed by atoms with Gasteiger partial charge in [0.15, 0.2) is 0 Å². The number of carbonyl (C=O) groups excluding carboxylic acids is 1. The Morgan fingerprint density at radius 3 is 2.94 bits per heavy atom. The highest BCUT2D eigenvalue weighted by Crippen LogP contribution is 2.18. The zero-order chi connectivity index (χ0) is 12.4. The third kappa shape index (κ3) is 2.10. The molecule has 0 unspecified atom stereocenters. The molecule has 1 saturated carbocycles. The normalized spacial score (nSPS) is 16.9. The molecule has 2 heterocycles. The van der Waals surface area contributed by atoms with Crippen LogP contribution in [0.15, 0.2) is 30.6 Å². The Morgan fingerprint density at radius 1 is 1.28 bits per heavy atom. The molecule has 4 nitrogen and oxygen atoms in total. The number of rotatable bonds is 1. The lowest BCUT2D eigenvalue weighted by molar-refractivity contribution is 0.235. The second kappa shape index (κ2) is 4.80. The largest absolute Gasteiger partial charge is 0.335 e. The molecular weight excluding hydrogens is 226 g/mol. The number of hydrogen-bond donors (Lipinski definition) is 1. The van der Waals surface area contributed by atoms with Gasteiger partial charge in [-0.2, -0.15) is 0 Å². The van der Waals surface area contributed by atoms with Crippen LogP contribution in [0.4, 0.5) is 4.79 Å². The van der Waals surface area contributed by atoms with E-state index in [1.54, 1.807) is 17.0 Å². The van der Waals surface area contributed by atoms with Crippen molar-refractivity contribution < 1.29 is 4.79 Å². The summed E-state index contributed by atoms with van der Waals surface area (Å²) in [6, 6.07) is 6.03. The Labute approximate surface area is 106 Å². The summed E-state index contributed by atoms with van der Waals surface area (Å²) in [6.07, 6.45) is 9.42. The van der Waals surface area contributed by atoms with Crippen LogP contribution in [0.2, 0.25) is 0 Å². The zero-order valence-corrected chi connectivity index (χ0v) is 10.3. The van der Waals surface area contributed by atoms with Crippen LogP contribution in [-0.2, 0) is 0 Å². The van der Waals surface area contributed by atoms with Crippen LogP contribution in [0.25, 0.3) is 11.0 Å². The molecule has 1 amide bonds. The first-order valence-corrected chi connectivity index (χ1v) is 6.57. The van der Waals surface area contributed by atoms with E-state index in [4.69, 9.17) is 0 Å². The van der Waals surface area contributed by atoms with E-state index in [2.05, 4.69) is 10.3 Å². The van der Waals surface area contributed by atoms with Gasteiger partial charge in [0.2, 0.25) is 0 Å². The van der Waals surface area contributed by atoms with E-state index in [0.29, 0.717) is 6.04 Å². The molecule has 0 aliphatic heterocycles. The van der Waals surface area contributed by atoms with Crippen LogP contribution in [0.1, 0.15) is 32.1 Å². The van der Waals surface area contributed by atoms with E-state index in [9.17, 15) is 4.79 Å². The van der Waals surface area contributed by atoms with Crippen LogP contribution >= 0.6 is 0 Å². The Morgan fingerprint density at radius 2 is 2.11 bits per heavy atom. The first-order chi connectivity index (χ1) is 8.84. The smallest absolute Gasteiger partial charge is 0.327 e. The van der Waals surface area contributed by atoms with E-state index >= 15 is 0 Å². The highest BCUT2D eigenvalue weighted by Gasteiger charge is 2.17. The standard InChI is InChI=1S/C14H17N3O/c18-14(16-12-6-2-1-3-7-12)17-10-8-11-5-4-9-15-13(11)17/h4-5,8-10,12H,1-3,6-7H2,(H,16,18). The molecule has 0 aromatic carbocycles. The minimum atomic E-state index is -0.0596. The van der Waals surface area contributed by atoms with Gasteiger partial charge in [0.1, 0.15) is 5.65 Å². The van der Waals surface area contributed by atoms with Gasteiger partial charge in [0, 0.05) is 23.8 Å². The van der Waals surface area contributed by atoms with Crippen molar-refractivity contribution in [2.45, 2.75) is 38.1 Å². The maximum atomic E-state index is 12.2. The quantitative estimate of drug-likeness (QED) is 0.837. The minimum absolute atomic E-state index is 0.0596. The molecule has 1 aliphatic carbocycles. The predicted octanol–water partition coefficient (Wildman–Crippen LogP) is 2.93. The number of nitrogens with zero attached hydrogens (tertiary/aromatic N) is 2. The second-order valence-electron chi connectivity index (χ2n) is 4.89. The molecule has 1 fully saturated rings. The molecule has 0 radical (unpaired) electrons. The summed E-state index contributed by atoms with van der Waals surface area (Å²) in [4.78, 5) is 16.5. The van der Waals surface area contributed by atoms with Gasteiger partial charge in [0.05, 0.1) is 0 Å². The third-order valence-corrected chi connectivity index (χ3v) is 3.60. The molecule has 18 heavy (non-hydrogen) atoms. The van der Waals surface area contributed by atoms with Gasteiger partial charge in [-0.05, 0) is 31.0 Å². The van der Waals surface area contributed by atoms with Gasteiger partial charge in [-0.3, -0.25) is 4.57 Å². The van der Waals surface area contributed by atoms with Crippen LogP contribution in [-0.4, -0.2) is 21.6 Å². The summed E-state index contributed by atoms with van der Waals surface area (Å²) >= 11 is 0. The predicted molar refractivity (Wildman–Crippen MR) is 70.5 cm³/mol. The molecule has 0 spiro atoms. The van der Waals surface area contributed by atoms with Crippen molar-refractivity contribution in [1.82, 2.24) is 14.9 Å². The van der Waals surface area contributed by atoms with Gasteiger partial charge in [-0.25, -0.2) is 9.78 Å². The molecule has 3 rings (SSSR count). The fraction of sp³-hybridized carbons (Fsp3) is 0.429. The number of fused-ring (bicyclic) bond motifs is 1. The van der Waals surface area contributed by atoms with Crippen molar-refractivity contribution in [1.29, 1.82) is 0 Å². The van der Waals surface area contributed by atoms with Crippen molar-refractivity contribution in [3.8, 4) is 0 Å². The molecular formula is C14H17N3O. The summed E-state index contributed by atoms with van der Waals surface area (Å²) in [5.74, 6) is 0. The van der Waals surface area contributed by atoms with Crippen molar-refractivity contribution in [3.63, 3.8) is 0 Å². The lowest BCUT2D eigenvalue weighted by Gasteiger charge is -2.22. The lowest BCUT2D eigenvalue weighted by Crippen LogP contribution is -2.38. The number of carbonyl (C=O) groups is 1. The average molecular weight is 243 g/mol. The van der Waals surface area contributed by atoms with Gasteiger partial charge in [-0.15, -0.1) is 0 Å². The van der Waals surface area contributed by atoms with Gasteiger partial charge in [-0.1, -0.05) is 19.3 Å². The monoisotopic (exact) mass is 243 g/mol. The molecule has 1 N–H and O–H groups in total. The molecule has 94 valence electrons. The summed E-state index contributed by atoms with van der Waals surface area (Å²) < 4.78 is 1.60. The molecule has 0 bridgehead atoms. The summed E-state index contributed by atoms with van der Waals surface area (Å²) in [6.45, 7) is 0. The average Bonchev–Trinajstić information content (AvgIpc) is 2.84. The fourth-order valence-electron chi connectivity index (χ4n) is 2.62. The van der Waals surface area contributed by atoms with E-state index < -0.39 is 0 Å². The first-order valence-electron chi connectivity index (χ1n) is 6.57. The molecule has 1 aliphatic rings. The summed E-state index contributed by atoms with van der Waals surface area (Å²) in [5, 5.41) is 4.09. The third-order valence-electron chi connectivity index (χ3n) is 3.60. The Balaban J connectivity index is 1.79. The van der Waals surface area contributed by atoms with Gasteiger partial charge >= 0.3 is 6.03 Å². The van der Waals surface area contributed by atoms with E-state index in [-0.39, 0.29) is 6.03 Å². The van der Waals surface area contributed by atoms with E-state index in [1.807, 2.05) is 18.2 Å². The fourth-order valence-corrected chi connectivity index (χ4v) is 2.62. The van der Waals surface area contributed by atoms with E-state index in [1.165, 1.54) is 19.3 Å². The summed E-state index contributed by atoms with van der Waals surface area (Å²) in [7, 11) is 0. The highest BCUT2D eigenvalue weighted by atomic mass is 16.2. The molecule has 4 heteroatoms. The van der Waals surface area contributed by atoms with Crippen molar-refractivity contribution in [2.75, 3.05) is 0 Å². The molecule has 0 atom stereocenters. The van der Waals surface area contributed by atoms with E-state index in [0.717, 1.165) is 23.9 Å². The number of hydrogen-bond acceptors (Lipinski definition) is 2. The van der Waals surface area contributed by atoms with Gasteiger partial charge in [0.25, 0.3) is 0 Å². The Bertz CT molecular complexity index is 555. The van der Waals surface area contributed by atoms with Crippen molar-refractivity contribution in [3.05, 3.63) is 30.6 Å². The maximum absolute atomic E-state index is 12.2.